The Kier molecular flexibility index (Phi) is 10.3. The number of carbonyl (C=O) groups excluding carboxylic acids is 1. The Morgan fingerprint density at radius 2 is 1.44 bits per heavy atom. The first kappa shape index (κ1) is 34.5. The molecule has 50 heavy (non-hydrogen) atoms. The summed E-state index contributed by atoms with van der Waals surface area (Å²) >= 11 is 0. The molecule has 0 spiro atoms. The van der Waals surface area contributed by atoms with Gasteiger partial charge < -0.3 is 49.1 Å². The van der Waals surface area contributed by atoms with Crippen LogP contribution < -0.4 is 25.0 Å². The van der Waals surface area contributed by atoms with Crippen molar-refractivity contribution in [3.8, 4) is 34.3 Å². The molecule has 0 saturated carbocycles. The highest BCUT2D eigenvalue weighted by Crippen LogP contribution is 2.44. The van der Waals surface area contributed by atoms with E-state index in [1.807, 2.05) is 36.4 Å². The summed E-state index contributed by atoms with van der Waals surface area (Å²) in [4.78, 5) is 26.3. The molecule has 5 N–H and O–H groups in total. The molecule has 12 heteroatoms. The minimum Gasteiger partial charge on any atom is -0.504 e. The van der Waals surface area contributed by atoms with Crippen molar-refractivity contribution in [2.75, 3.05) is 0 Å². The maximum absolute atomic E-state index is 13.5. The molecule has 0 bridgehead atoms. The third kappa shape index (κ3) is 7.58. The number of carbonyl (C=O) groups is 1. The molecule has 5 aromatic rings. The fraction of sp³-hybridized carbons (Fsp3) is 0.263. The van der Waals surface area contributed by atoms with Crippen LogP contribution in [0, 0.1) is 0 Å². The van der Waals surface area contributed by atoms with E-state index in [9.17, 15) is 30.0 Å². The van der Waals surface area contributed by atoms with Gasteiger partial charge in [-0.2, -0.15) is 0 Å². The van der Waals surface area contributed by atoms with Crippen LogP contribution in [0.4, 0.5) is 0 Å². The maximum Gasteiger partial charge on any atom is 0.252 e. The molecule has 1 saturated heterocycles. The smallest absolute Gasteiger partial charge is 0.252 e. The van der Waals surface area contributed by atoms with Crippen molar-refractivity contribution in [3.05, 3.63) is 118 Å². The van der Waals surface area contributed by atoms with Crippen molar-refractivity contribution < 1.29 is 48.6 Å². The SMILES string of the molecule is CC(C)NC(=O)C1OC(Oc2cc3oc(-c4ccc(OCc5ccccc5)cc4)cc(=O)c3c(O)c2OCc2ccccc2)C(O)C(O)C1O. The van der Waals surface area contributed by atoms with Gasteiger partial charge in [-0.3, -0.25) is 9.59 Å². The van der Waals surface area contributed by atoms with Gasteiger partial charge in [0.25, 0.3) is 5.91 Å². The molecule has 4 aromatic carbocycles. The second-order valence-corrected chi connectivity index (χ2v) is 12.2. The van der Waals surface area contributed by atoms with E-state index in [4.69, 9.17) is 23.4 Å². The van der Waals surface area contributed by atoms with Gasteiger partial charge in [0.1, 0.15) is 54.0 Å². The van der Waals surface area contributed by atoms with Gasteiger partial charge in [-0.1, -0.05) is 60.7 Å². The van der Waals surface area contributed by atoms with Crippen LogP contribution in [0.25, 0.3) is 22.3 Å². The fourth-order valence-corrected chi connectivity index (χ4v) is 5.47. The maximum atomic E-state index is 13.5. The van der Waals surface area contributed by atoms with Crippen molar-refractivity contribution in [2.45, 2.75) is 63.8 Å². The number of amides is 1. The minimum absolute atomic E-state index is 0.0484. The van der Waals surface area contributed by atoms with Crippen molar-refractivity contribution in [2.24, 2.45) is 0 Å². The zero-order valence-corrected chi connectivity index (χ0v) is 27.3. The average molecular weight is 684 g/mol. The van der Waals surface area contributed by atoms with E-state index < -0.39 is 47.8 Å². The van der Waals surface area contributed by atoms with Crippen molar-refractivity contribution >= 4 is 16.9 Å². The molecule has 12 nitrogen and oxygen atoms in total. The Balaban J connectivity index is 1.34. The summed E-state index contributed by atoms with van der Waals surface area (Å²) in [5, 5.41) is 45.8. The molecule has 5 atom stereocenters. The number of benzene rings is 4. The molecule has 0 radical (unpaired) electrons. The summed E-state index contributed by atoms with van der Waals surface area (Å²) in [6.45, 7) is 3.74. The van der Waals surface area contributed by atoms with Crippen molar-refractivity contribution in [3.63, 3.8) is 0 Å². The predicted octanol–water partition coefficient (Wildman–Crippen LogP) is 4.03. The number of hydrogen-bond acceptors (Lipinski definition) is 11. The Labute approximate surface area is 287 Å². The molecule has 2 heterocycles. The van der Waals surface area contributed by atoms with Gasteiger partial charge in [0.2, 0.25) is 12.0 Å². The summed E-state index contributed by atoms with van der Waals surface area (Å²) in [6, 6.07) is 27.8. The van der Waals surface area contributed by atoms with E-state index in [1.54, 1.807) is 62.4 Å². The number of ether oxygens (including phenoxy) is 4. The number of aromatic hydroxyl groups is 1. The van der Waals surface area contributed by atoms with E-state index in [-0.39, 0.29) is 40.9 Å². The quantitative estimate of drug-likeness (QED) is 0.136. The largest absolute Gasteiger partial charge is 0.504 e. The monoisotopic (exact) mass is 683 g/mol. The zero-order valence-electron chi connectivity index (χ0n) is 27.3. The van der Waals surface area contributed by atoms with Crippen LogP contribution in [-0.2, 0) is 22.7 Å². The molecule has 0 aliphatic carbocycles. The van der Waals surface area contributed by atoms with Gasteiger partial charge in [-0.05, 0) is 49.2 Å². The highest BCUT2D eigenvalue weighted by atomic mass is 16.7. The molecular formula is C38H37NO11. The molecule has 1 aromatic heterocycles. The molecule has 1 aliphatic heterocycles. The Morgan fingerprint density at radius 1 is 0.820 bits per heavy atom. The van der Waals surface area contributed by atoms with Gasteiger partial charge in [0.15, 0.2) is 23.0 Å². The van der Waals surface area contributed by atoms with Gasteiger partial charge in [0.05, 0.1) is 0 Å². The van der Waals surface area contributed by atoms with E-state index in [1.165, 1.54) is 12.1 Å². The topological polar surface area (TPSA) is 177 Å². The molecular weight excluding hydrogens is 646 g/mol. The summed E-state index contributed by atoms with van der Waals surface area (Å²) in [5.74, 6) is -1.06. The number of phenols is 1. The number of hydrogen-bond donors (Lipinski definition) is 5. The van der Waals surface area contributed by atoms with Gasteiger partial charge in [-0.15, -0.1) is 0 Å². The van der Waals surface area contributed by atoms with Crippen LogP contribution in [0.3, 0.4) is 0 Å². The van der Waals surface area contributed by atoms with Crippen molar-refractivity contribution in [1.82, 2.24) is 5.32 Å². The van der Waals surface area contributed by atoms with E-state index in [0.29, 0.717) is 17.9 Å². The summed E-state index contributed by atoms with van der Waals surface area (Å²) in [7, 11) is 0. The van der Waals surface area contributed by atoms with Crippen LogP contribution in [0.2, 0.25) is 0 Å². The number of phenolic OH excluding ortho intramolecular Hbond substituents is 1. The molecule has 1 amide bonds. The zero-order chi connectivity index (χ0) is 35.4. The van der Waals surface area contributed by atoms with E-state index in [0.717, 1.165) is 11.1 Å². The third-order valence-electron chi connectivity index (χ3n) is 8.03. The number of nitrogens with one attached hydrogen (secondary N) is 1. The number of aliphatic hydroxyl groups is 3. The standard InChI is InChI=1S/C38H37NO11/c1-21(2)39-37(45)36-33(43)32(42)34(44)38(50-36)49-29-18-28-30(31(41)35(29)47-20-23-11-7-4-8-12-23)26(40)17-27(48-28)24-13-15-25(16-14-24)46-19-22-9-5-3-6-10-22/h3-18,21,32-34,36,38,41-44H,19-20H2,1-2H3,(H,39,45). The second kappa shape index (κ2) is 15.0. The molecule has 5 unspecified atom stereocenters. The number of rotatable bonds is 11. The fourth-order valence-electron chi connectivity index (χ4n) is 5.47. The average Bonchev–Trinajstić information content (AvgIpc) is 3.11. The molecule has 1 aliphatic rings. The lowest BCUT2D eigenvalue weighted by Gasteiger charge is -2.39. The Bertz CT molecular complexity index is 1980. The van der Waals surface area contributed by atoms with E-state index in [2.05, 4.69) is 5.32 Å². The van der Waals surface area contributed by atoms with Crippen LogP contribution >= 0.6 is 0 Å². The Morgan fingerprint density at radius 3 is 2.06 bits per heavy atom. The minimum atomic E-state index is -1.83. The summed E-state index contributed by atoms with van der Waals surface area (Å²) < 4.78 is 29.5. The Hall–Kier alpha value is -5.40. The highest BCUT2D eigenvalue weighted by molar-refractivity contribution is 5.89. The lowest BCUT2D eigenvalue weighted by molar-refractivity contribution is -0.267. The molecule has 260 valence electrons. The third-order valence-corrected chi connectivity index (χ3v) is 8.03. The van der Waals surface area contributed by atoms with Crippen molar-refractivity contribution in [1.29, 1.82) is 0 Å². The van der Waals surface area contributed by atoms with Gasteiger partial charge in [0, 0.05) is 23.7 Å². The molecule has 6 rings (SSSR count). The van der Waals surface area contributed by atoms with Gasteiger partial charge >= 0.3 is 0 Å². The lowest BCUT2D eigenvalue weighted by Crippen LogP contribution is -2.63. The van der Waals surface area contributed by atoms with Crippen LogP contribution in [-0.4, -0.2) is 63.1 Å². The first-order chi connectivity index (χ1) is 24.1. The summed E-state index contributed by atoms with van der Waals surface area (Å²) in [6.07, 6.45) is -8.74. The summed E-state index contributed by atoms with van der Waals surface area (Å²) in [5.41, 5.74) is 1.63. The first-order valence-electron chi connectivity index (χ1n) is 16.0. The van der Waals surface area contributed by atoms with E-state index >= 15 is 0 Å². The highest BCUT2D eigenvalue weighted by Gasteiger charge is 2.48. The normalized spacial score (nSPS) is 20.4. The van der Waals surface area contributed by atoms with Crippen LogP contribution in [0.5, 0.6) is 23.0 Å². The number of aliphatic hydroxyl groups excluding tert-OH is 3. The number of fused-ring (bicyclic) bond motifs is 1. The second-order valence-electron chi connectivity index (χ2n) is 12.2. The van der Waals surface area contributed by atoms with Crippen LogP contribution in [0.15, 0.2) is 106 Å². The van der Waals surface area contributed by atoms with Crippen LogP contribution in [0.1, 0.15) is 25.0 Å². The predicted molar refractivity (Wildman–Crippen MR) is 182 cm³/mol. The first-order valence-corrected chi connectivity index (χ1v) is 16.0. The van der Waals surface area contributed by atoms with Gasteiger partial charge in [-0.25, -0.2) is 0 Å². The molecule has 1 fully saturated rings. The lowest BCUT2D eigenvalue weighted by atomic mass is 9.98.